The molecule has 106 valence electrons. The van der Waals surface area contributed by atoms with E-state index < -0.39 is 5.97 Å². The molecular formula is C15H18N2O3. The Balaban J connectivity index is 1.67. The smallest absolute Gasteiger partial charge is 0.306 e. The van der Waals surface area contributed by atoms with Gasteiger partial charge in [-0.05, 0) is 25.3 Å². The van der Waals surface area contributed by atoms with E-state index in [1.807, 2.05) is 12.1 Å². The first-order valence-electron chi connectivity index (χ1n) is 6.96. The number of aliphatic imine (C=N–C) groups is 1. The molecule has 1 heterocycles. The first-order chi connectivity index (χ1) is 9.63. The molecule has 1 aliphatic heterocycles. The summed E-state index contributed by atoms with van der Waals surface area (Å²) in [7, 11) is 0. The van der Waals surface area contributed by atoms with Crippen LogP contribution in [0.3, 0.4) is 0 Å². The van der Waals surface area contributed by atoms with Crippen molar-refractivity contribution in [3.8, 4) is 5.75 Å². The Morgan fingerprint density at radius 2 is 2.15 bits per heavy atom. The standard InChI is InChI=1S/C15H18N2O3/c18-13-4-2-1-3-9(13)8-14-16-11-6-5-10(15(19)20)7-12(11)17-14/h1-4,10-12,18H,5-8H2,(H,16,17)(H,19,20). The van der Waals surface area contributed by atoms with Gasteiger partial charge in [0.2, 0.25) is 0 Å². The van der Waals surface area contributed by atoms with Gasteiger partial charge in [0, 0.05) is 12.0 Å². The Morgan fingerprint density at radius 1 is 1.35 bits per heavy atom. The molecule has 1 aromatic carbocycles. The van der Waals surface area contributed by atoms with Gasteiger partial charge in [0.1, 0.15) is 11.6 Å². The van der Waals surface area contributed by atoms with Crippen molar-refractivity contribution in [2.24, 2.45) is 10.9 Å². The number of carboxylic acids is 1. The van der Waals surface area contributed by atoms with Gasteiger partial charge in [-0.1, -0.05) is 18.2 Å². The second kappa shape index (κ2) is 5.15. The molecule has 0 amide bonds. The van der Waals surface area contributed by atoms with Gasteiger partial charge in [-0.2, -0.15) is 0 Å². The maximum Gasteiger partial charge on any atom is 0.306 e. The Morgan fingerprint density at radius 3 is 2.90 bits per heavy atom. The molecule has 1 saturated carbocycles. The number of aromatic hydroxyl groups is 1. The molecule has 3 rings (SSSR count). The zero-order valence-corrected chi connectivity index (χ0v) is 11.1. The minimum absolute atomic E-state index is 0.130. The van der Waals surface area contributed by atoms with Crippen molar-refractivity contribution in [1.29, 1.82) is 0 Å². The number of phenolic OH excluding ortho intramolecular Hbond substituents is 1. The minimum Gasteiger partial charge on any atom is -0.508 e. The lowest BCUT2D eigenvalue weighted by molar-refractivity contribution is -0.143. The van der Waals surface area contributed by atoms with Crippen LogP contribution >= 0.6 is 0 Å². The number of hydrogen-bond acceptors (Lipinski definition) is 4. The zero-order valence-electron chi connectivity index (χ0n) is 11.1. The van der Waals surface area contributed by atoms with Crippen molar-refractivity contribution in [3.63, 3.8) is 0 Å². The number of aliphatic carboxylic acids is 1. The maximum atomic E-state index is 11.1. The quantitative estimate of drug-likeness (QED) is 0.781. The van der Waals surface area contributed by atoms with E-state index >= 15 is 0 Å². The van der Waals surface area contributed by atoms with E-state index in [0.717, 1.165) is 17.8 Å². The summed E-state index contributed by atoms with van der Waals surface area (Å²) in [5.41, 5.74) is 0.840. The number of rotatable bonds is 3. The number of nitrogens with zero attached hydrogens (tertiary/aromatic N) is 1. The molecule has 1 aliphatic carbocycles. The predicted molar refractivity (Wildman–Crippen MR) is 74.9 cm³/mol. The monoisotopic (exact) mass is 274 g/mol. The van der Waals surface area contributed by atoms with Gasteiger partial charge >= 0.3 is 5.97 Å². The van der Waals surface area contributed by atoms with Gasteiger partial charge in [0.05, 0.1) is 18.0 Å². The Hall–Kier alpha value is -2.04. The lowest BCUT2D eigenvalue weighted by Gasteiger charge is -2.28. The molecule has 1 aromatic rings. The van der Waals surface area contributed by atoms with Gasteiger partial charge < -0.3 is 15.5 Å². The molecular weight excluding hydrogens is 256 g/mol. The van der Waals surface area contributed by atoms with Crippen LogP contribution in [-0.2, 0) is 11.2 Å². The fourth-order valence-corrected chi connectivity index (χ4v) is 3.08. The summed E-state index contributed by atoms with van der Waals surface area (Å²) in [6.45, 7) is 0. The van der Waals surface area contributed by atoms with Crippen LogP contribution < -0.4 is 5.32 Å². The number of amidine groups is 1. The average molecular weight is 274 g/mol. The molecule has 0 spiro atoms. The number of carbonyl (C=O) groups is 1. The van der Waals surface area contributed by atoms with Crippen LogP contribution in [0.2, 0.25) is 0 Å². The topological polar surface area (TPSA) is 81.9 Å². The normalized spacial score (nSPS) is 28.4. The molecule has 3 N–H and O–H groups in total. The van der Waals surface area contributed by atoms with E-state index in [4.69, 9.17) is 5.11 Å². The fraction of sp³-hybridized carbons (Fsp3) is 0.467. The maximum absolute atomic E-state index is 11.1. The van der Waals surface area contributed by atoms with Crippen LogP contribution in [0, 0.1) is 5.92 Å². The minimum atomic E-state index is -0.709. The summed E-state index contributed by atoms with van der Waals surface area (Å²) in [4.78, 5) is 15.7. The second-order valence-electron chi connectivity index (χ2n) is 5.55. The highest BCUT2D eigenvalue weighted by molar-refractivity contribution is 5.87. The van der Waals surface area contributed by atoms with Gasteiger partial charge in [-0.3, -0.25) is 9.79 Å². The van der Waals surface area contributed by atoms with Crippen LogP contribution in [0.5, 0.6) is 5.75 Å². The molecule has 2 aliphatic rings. The molecule has 5 nitrogen and oxygen atoms in total. The summed E-state index contributed by atoms with van der Waals surface area (Å²) in [5.74, 6) is 0.158. The number of benzene rings is 1. The first kappa shape index (κ1) is 13.0. The van der Waals surface area contributed by atoms with E-state index in [1.54, 1.807) is 12.1 Å². The summed E-state index contributed by atoms with van der Waals surface area (Å²) < 4.78 is 0. The van der Waals surface area contributed by atoms with Crippen molar-refractivity contribution in [2.45, 2.75) is 37.8 Å². The third-order valence-corrected chi connectivity index (χ3v) is 4.19. The van der Waals surface area contributed by atoms with Crippen molar-refractivity contribution in [3.05, 3.63) is 29.8 Å². The van der Waals surface area contributed by atoms with Crippen LogP contribution in [-0.4, -0.2) is 34.1 Å². The number of phenols is 1. The molecule has 3 atom stereocenters. The molecule has 0 bridgehead atoms. The molecule has 0 saturated heterocycles. The van der Waals surface area contributed by atoms with E-state index in [-0.39, 0.29) is 23.8 Å². The van der Waals surface area contributed by atoms with E-state index in [2.05, 4.69) is 10.3 Å². The van der Waals surface area contributed by atoms with Crippen LogP contribution in [0.1, 0.15) is 24.8 Å². The third-order valence-electron chi connectivity index (χ3n) is 4.19. The average Bonchev–Trinajstić information content (AvgIpc) is 2.82. The van der Waals surface area contributed by atoms with Crippen LogP contribution in [0.4, 0.5) is 0 Å². The first-order valence-corrected chi connectivity index (χ1v) is 6.96. The molecule has 0 radical (unpaired) electrons. The Labute approximate surface area is 117 Å². The lowest BCUT2D eigenvalue weighted by Crippen LogP contribution is -2.41. The number of carboxylic acid groups (broad SMARTS) is 1. The zero-order chi connectivity index (χ0) is 14.1. The summed E-state index contributed by atoms with van der Waals surface area (Å²) in [6.07, 6.45) is 2.72. The van der Waals surface area contributed by atoms with Crippen molar-refractivity contribution in [2.75, 3.05) is 0 Å². The Bertz CT molecular complexity index is 556. The van der Waals surface area contributed by atoms with Gasteiger partial charge in [-0.25, -0.2) is 0 Å². The molecule has 0 aromatic heterocycles. The van der Waals surface area contributed by atoms with Gasteiger partial charge in [0.15, 0.2) is 0 Å². The van der Waals surface area contributed by atoms with Crippen LogP contribution in [0.25, 0.3) is 0 Å². The molecule has 3 unspecified atom stereocenters. The summed E-state index contributed by atoms with van der Waals surface area (Å²) in [5, 5.41) is 22.2. The molecule has 20 heavy (non-hydrogen) atoms. The van der Waals surface area contributed by atoms with Crippen molar-refractivity contribution in [1.82, 2.24) is 5.32 Å². The fourth-order valence-electron chi connectivity index (χ4n) is 3.08. The van der Waals surface area contributed by atoms with E-state index in [0.29, 0.717) is 19.3 Å². The predicted octanol–water partition coefficient (Wildman–Crippen LogP) is 1.56. The molecule has 5 heteroatoms. The van der Waals surface area contributed by atoms with Gasteiger partial charge in [-0.15, -0.1) is 0 Å². The Kier molecular flexibility index (Phi) is 3.34. The number of hydrogen-bond donors (Lipinski definition) is 3. The van der Waals surface area contributed by atoms with Crippen molar-refractivity contribution < 1.29 is 15.0 Å². The number of para-hydroxylation sites is 1. The van der Waals surface area contributed by atoms with Crippen molar-refractivity contribution >= 4 is 11.8 Å². The highest BCUT2D eigenvalue weighted by Gasteiger charge is 2.37. The van der Waals surface area contributed by atoms with Crippen LogP contribution in [0.15, 0.2) is 29.3 Å². The van der Waals surface area contributed by atoms with E-state index in [1.165, 1.54) is 0 Å². The largest absolute Gasteiger partial charge is 0.508 e. The molecule has 1 fully saturated rings. The van der Waals surface area contributed by atoms with Gasteiger partial charge in [0.25, 0.3) is 0 Å². The lowest BCUT2D eigenvalue weighted by atomic mass is 9.83. The highest BCUT2D eigenvalue weighted by Crippen LogP contribution is 2.30. The number of nitrogens with one attached hydrogen (secondary N) is 1. The SMILES string of the molecule is O=C(O)C1CCC2N=C(Cc3ccccc3O)NC2C1. The highest BCUT2D eigenvalue weighted by atomic mass is 16.4. The third kappa shape index (κ3) is 2.48. The summed E-state index contributed by atoms with van der Waals surface area (Å²) in [6, 6.07) is 7.54. The second-order valence-corrected chi connectivity index (χ2v) is 5.55. The summed E-state index contributed by atoms with van der Waals surface area (Å²) >= 11 is 0. The van der Waals surface area contributed by atoms with E-state index in [9.17, 15) is 9.90 Å². The number of fused-ring (bicyclic) bond motifs is 1.